The predicted octanol–water partition coefficient (Wildman–Crippen LogP) is 17.7. The summed E-state index contributed by atoms with van der Waals surface area (Å²) in [4.78, 5) is 0. The Balaban J connectivity index is 2.18. The van der Waals surface area contributed by atoms with Gasteiger partial charge in [0.1, 0.15) is 0 Å². The summed E-state index contributed by atoms with van der Waals surface area (Å²) in [7, 11) is -2.83. The van der Waals surface area contributed by atoms with Crippen molar-refractivity contribution in [1.82, 2.24) is 0 Å². The first kappa shape index (κ1) is 54.0. The van der Waals surface area contributed by atoms with E-state index in [0.29, 0.717) is 5.92 Å². The summed E-state index contributed by atoms with van der Waals surface area (Å²) in [5.41, 5.74) is 11.3. The highest BCUT2D eigenvalue weighted by molar-refractivity contribution is 7.16. The van der Waals surface area contributed by atoms with E-state index >= 15 is 0 Å². The zero-order chi connectivity index (χ0) is 45.8. The van der Waals surface area contributed by atoms with Crippen molar-refractivity contribution >= 4 is 23.6 Å². The predicted molar refractivity (Wildman–Crippen MR) is 291 cm³/mol. The Kier molecular flexibility index (Phi) is 26.4. The molecule has 0 spiro atoms. The molecule has 3 aromatic rings. The Morgan fingerprint density at radius 3 is 0.859 bits per heavy atom. The highest BCUT2D eigenvalue weighted by Crippen LogP contribution is 2.36. The lowest BCUT2D eigenvalue weighted by Crippen LogP contribution is -2.69. The Hall–Kier alpha value is -2.64. The second-order valence-electron chi connectivity index (χ2n) is 20.6. The van der Waals surface area contributed by atoms with Gasteiger partial charge in [0, 0.05) is 0 Å². The van der Waals surface area contributed by atoms with E-state index in [0.717, 1.165) is 6.42 Å². The number of hydrogen-bond acceptors (Lipinski definition) is 0. The summed E-state index contributed by atoms with van der Waals surface area (Å²) in [6.45, 7) is 19.1. The van der Waals surface area contributed by atoms with Crippen LogP contribution in [0.2, 0.25) is 0 Å². The summed E-state index contributed by atoms with van der Waals surface area (Å²) >= 11 is 0. The molecule has 1 unspecified atom stereocenters. The fourth-order valence-electron chi connectivity index (χ4n) is 10.9. The van der Waals surface area contributed by atoms with Gasteiger partial charge in [-0.2, -0.15) is 0 Å². The molecule has 4 rings (SSSR count). The van der Waals surface area contributed by atoms with Gasteiger partial charge < -0.3 is 0 Å². The van der Waals surface area contributed by atoms with Gasteiger partial charge in [0.2, 0.25) is 0 Å². The van der Waals surface area contributed by atoms with Gasteiger partial charge in [0.25, 0.3) is 0 Å². The molecule has 1 aliphatic carbocycles. The third-order valence-electron chi connectivity index (χ3n) is 14.9. The number of rotatable bonds is 36. The number of hydrogen-bond donors (Lipinski definition) is 0. The Morgan fingerprint density at radius 2 is 0.625 bits per heavy atom. The van der Waals surface area contributed by atoms with Crippen molar-refractivity contribution in [2.45, 2.75) is 261 Å². The molecule has 1 atom stereocenters. The topological polar surface area (TPSA) is 0 Å². The summed E-state index contributed by atoms with van der Waals surface area (Å²) < 4.78 is 0. The van der Waals surface area contributed by atoms with Crippen LogP contribution in [0.5, 0.6) is 0 Å². The lowest BCUT2D eigenvalue weighted by Gasteiger charge is -2.39. The summed E-state index contributed by atoms with van der Waals surface area (Å²) in [5, 5.41) is 6.91. The van der Waals surface area contributed by atoms with Gasteiger partial charge in [-0.05, 0) is 150 Å². The first-order valence-electron chi connectivity index (χ1n) is 28.2. The van der Waals surface area contributed by atoms with E-state index in [1.54, 1.807) is 54.5 Å². The standard InChI is InChI=1S/C63H100Si/c1-9-16-22-28-35-53-43-54(36-29-23-17-10-2)47-59(46-53)64(63-42-34-41-62(63)52(8)15-7,60-48-55(37-30-24-18-11-3)44-56(49-60)38-31-25-19-12-4)61-50-57(39-32-26-20-13-5)45-58(51-61)40-33-27-21-14-6/h34,41,43-52H,9-33,35-40,42H2,1-8H3. The highest BCUT2D eigenvalue weighted by Gasteiger charge is 2.46. The summed E-state index contributed by atoms with van der Waals surface area (Å²) in [6, 6.07) is 24.9. The fraction of sp³-hybridized carbons (Fsp3) is 0.651. The van der Waals surface area contributed by atoms with Gasteiger partial charge in [-0.25, -0.2) is 0 Å². The van der Waals surface area contributed by atoms with Crippen LogP contribution in [-0.2, 0) is 38.5 Å². The van der Waals surface area contributed by atoms with Crippen LogP contribution in [0.1, 0.15) is 256 Å². The second-order valence-corrected chi connectivity index (χ2v) is 24.4. The van der Waals surface area contributed by atoms with Gasteiger partial charge in [-0.3, -0.25) is 0 Å². The molecule has 0 heterocycles. The van der Waals surface area contributed by atoms with Crippen LogP contribution in [0, 0.1) is 5.92 Å². The number of allylic oxidation sites excluding steroid dienone is 4. The molecule has 0 radical (unpaired) electrons. The third kappa shape index (κ3) is 16.9. The van der Waals surface area contributed by atoms with Crippen LogP contribution >= 0.6 is 0 Å². The van der Waals surface area contributed by atoms with E-state index in [1.165, 1.54) is 199 Å². The normalized spacial score (nSPS) is 13.4. The maximum atomic E-state index is 2.82. The molecule has 0 bridgehead atoms. The fourth-order valence-corrected chi connectivity index (χ4v) is 16.6. The zero-order valence-corrected chi connectivity index (χ0v) is 44.6. The molecule has 0 saturated carbocycles. The summed E-state index contributed by atoms with van der Waals surface area (Å²) in [6.07, 6.45) is 46.4. The van der Waals surface area contributed by atoms with E-state index < -0.39 is 8.07 Å². The second kappa shape index (κ2) is 31.4. The van der Waals surface area contributed by atoms with Crippen molar-refractivity contribution in [3.8, 4) is 0 Å². The van der Waals surface area contributed by atoms with E-state index in [2.05, 4.69) is 122 Å². The van der Waals surface area contributed by atoms with Crippen molar-refractivity contribution in [2.24, 2.45) is 5.92 Å². The van der Waals surface area contributed by atoms with E-state index in [-0.39, 0.29) is 0 Å². The summed E-state index contributed by atoms with van der Waals surface area (Å²) in [5.74, 6) is 0.544. The quantitative estimate of drug-likeness (QED) is 0.0310. The molecule has 64 heavy (non-hydrogen) atoms. The van der Waals surface area contributed by atoms with Crippen molar-refractivity contribution < 1.29 is 0 Å². The molecular formula is C63H100Si. The van der Waals surface area contributed by atoms with E-state index in [9.17, 15) is 0 Å². The van der Waals surface area contributed by atoms with Crippen LogP contribution in [0.15, 0.2) is 77.5 Å². The lowest BCUT2D eigenvalue weighted by atomic mass is 9.99. The first-order chi connectivity index (χ1) is 31.4. The van der Waals surface area contributed by atoms with Crippen LogP contribution in [0.3, 0.4) is 0 Å². The van der Waals surface area contributed by atoms with Crippen LogP contribution < -0.4 is 15.6 Å². The average Bonchev–Trinajstić information content (AvgIpc) is 3.80. The Labute approximate surface area is 399 Å². The minimum Gasteiger partial charge on any atom is -0.0805 e. The van der Waals surface area contributed by atoms with Crippen molar-refractivity contribution in [2.75, 3.05) is 0 Å². The van der Waals surface area contributed by atoms with Gasteiger partial charge in [-0.15, -0.1) is 0 Å². The first-order valence-corrected chi connectivity index (χ1v) is 30.2. The number of benzene rings is 3. The molecule has 0 aliphatic heterocycles. The van der Waals surface area contributed by atoms with Crippen LogP contribution in [0.25, 0.3) is 0 Å². The number of aryl methyl sites for hydroxylation is 6. The molecule has 1 aliphatic rings. The molecular weight excluding hydrogens is 785 g/mol. The molecule has 0 amide bonds. The van der Waals surface area contributed by atoms with Gasteiger partial charge in [-0.1, -0.05) is 243 Å². The van der Waals surface area contributed by atoms with E-state index in [4.69, 9.17) is 0 Å². The SMILES string of the molecule is CCCCCCc1cc(CCCCCC)cc([Si](C2=C(C(C)CC)C=CC2)(c2cc(CCCCCC)cc(CCCCCC)c2)c2cc(CCCCCC)cc(CCCCCC)c2)c1. The maximum Gasteiger partial charge on any atom is 0.176 e. The number of unbranched alkanes of at least 4 members (excludes halogenated alkanes) is 18. The Morgan fingerprint density at radius 1 is 0.359 bits per heavy atom. The smallest absolute Gasteiger partial charge is 0.0805 e. The van der Waals surface area contributed by atoms with Gasteiger partial charge in [0.15, 0.2) is 8.07 Å². The molecule has 0 fully saturated rings. The van der Waals surface area contributed by atoms with Crippen molar-refractivity contribution in [3.05, 3.63) is 111 Å². The minimum absolute atomic E-state index is 0.544. The molecule has 0 N–H and O–H groups in total. The molecule has 0 saturated heterocycles. The maximum absolute atomic E-state index is 2.83. The molecule has 3 aromatic carbocycles. The average molecular weight is 886 g/mol. The van der Waals surface area contributed by atoms with Crippen molar-refractivity contribution in [1.29, 1.82) is 0 Å². The third-order valence-corrected chi connectivity index (χ3v) is 19.8. The highest BCUT2D eigenvalue weighted by atomic mass is 28.3. The largest absolute Gasteiger partial charge is 0.176 e. The van der Waals surface area contributed by atoms with Gasteiger partial charge in [0.05, 0.1) is 0 Å². The molecule has 0 nitrogen and oxygen atoms in total. The monoisotopic (exact) mass is 885 g/mol. The van der Waals surface area contributed by atoms with Gasteiger partial charge >= 0.3 is 0 Å². The van der Waals surface area contributed by atoms with E-state index in [1.807, 2.05) is 5.20 Å². The van der Waals surface area contributed by atoms with Crippen LogP contribution in [-0.4, -0.2) is 8.07 Å². The van der Waals surface area contributed by atoms with Crippen molar-refractivity contribution in [3.63, 3.8) is 0 Å². The molecule has 356 valence electrons. The van der Waals surface area contributed by atoms with Crippen LogP contribution in [0.4, 0.5) is 0 Å². The zero-order valence-electron chi connectivity index (χ0n) is 43.6. The Bertz CT molecular complexity index is 1520. The minimum atomic E-state index is -2.83. The lowest BCUT2D eigenvalue weighted by molar-refractivity contribution is 0.661. The molecule has 0 aromatic heterocycles. The molecule has 1 heteroatoms.